The molecule has 0 radical (unpaired) electrons. The zero-order valence-corrected chi connectivity index (χ0v) is 12.8. The lowest BCUT2D eigenvalue weighted by molar-refractivity contribution is 0.0784. The SMILES string of the molecule is CN(Cc1ccccc1O)C(=O)c1ccc(CNC(N)=O)cc1. The van der Waals surface area contributed by atoms with Crippen LogP contribution < -0.4 is 11.1 Å². The molecule has 120 valence electrons. The van der Waals surface area contributed by atoms with Crippen molar-refractivity contribution < 1.29 is 14.7 Å². The van der Waals surface area contributed by atoms with Gasteiger partial charge < -0.3 is 21.1 Å². The van der Waals surface area contributed by atoms with Gasteiger partial charge in [0.1, 0.15) is 5.75 Å². The molecule has 6 nitrogen and oxygen atoms in total. The first-order chi connectivity index (χ1) is 11.0. The average molecular weight is 313 g/mol. The molecule has 6 heteroatoms. The Labute approximate surface area is 134 Å². The molecule has 0 aliphatic heterocycles. The number of para-hydroxylation sites is 1. The van der Waals surface area contributed by atoms with E-state index in [9.17, 15) is 14.7 Å². The standard InChI is InChI=1S/C17H19N3O3/c1-20(11-14-4-2-3-5-15(14)21)16(22)13-8-6-12(7-9-13)10-19-17(18)23/h2-9,21H,10-11H2,1H3,(H3,18,19,23). The van der Waals surface area contributed by atoms with Crippen LogP contribution in [0.2, 0.25) is 0 Å². The lowest BCUT2D eigenvalue weighted by Gasteiger charge is -2.18. The van der Waals surface area contributed by atoms with Crippen molar-refractivity contribution in [2.45, 2.75) is 13.1 Å². The fourth-order valence-electron chi connectivity index (χ4n) is 2.15. The van der Waals surface area contributed by atoms with E-state index in [1.54, 1.807) is 49.5 Å². The molecule has 0 fully saturated rings. The number of carbonyl (C=O) groups excluding carboxylic acids is 2. The minimum atomic E-state index is -0.590. The summed E-state index contributed by atoms with van der Waals surface area (Å²) in [7, 11) is 1.68. The molecule has 0 aliphatic rings. The molecule has 2 rings (SSSR count). The second kappa shape index (κ2) is 7.31. The third-order valence-electron chi connectivity index (χ3n) is 3.41. The van der Waals surface area contributed by atoms with Crippen molar-refractivity contribution in [3.05, 3.63) is 65.2 Å². The first-order valence-electron chi connectivity index (χ1n) is 7.12. The Kier molecular flexibility index (Phi) is 5.19. The molecule has 0 aliphatic carbocycles. The Balaban J connectivity index is 2.02. The molecule has 0 atom stereocenters. The van der Waals surface area contributed by atoms with Gasteiger partial charge in [0, 0.05) is 31.3 Å². The van der Waals surface area contributed by atoms with Crippen molar-refractivity contribution in [3.8, 4) is 5.75 Å². The molecule has 3 amide bonds. The lowest BCUT2D eigenvalue weighted by Crippen LogP contribution is -2.28. The Morgan fingerprint density at radius 2 is 1.78 bits per heavy atom. The first-order valence-corrected chi connectivity index (χ1v) is 7.12. The number of benzene rings is 2. The molecule has 0 saturated carbocycles. The normalized spacial score (nSPS) is 10.1. The molecule has 0 saturated heterocycles. The summed E-state index contributed by atoms with van der Waals surface area (Å²) in [5, 5.41) is 12.3. The van der Waals surface area contributed by atoms with Crippen molar-refractivity contribution >= 4 is 11.9 Å². The summed E-state index contributed by atoms with van der Waals surface area (Å²) >= 11 is 0. The topological polar surface area (TPSA) is 95.7 Å². The number of aromatic hydroxyl groups is 1. The molecule has 4 N–H and O–H groups in total. The minimum Gasteiger partial charge on any atom is -0.508 e. The van der Waals surface area contributed by atoms with E-state index in [1.807, 2.05) is 6.07 Å². The summed E-state index contributed by atoms with van der Waals surface area (Å²) in [6, 6.07) is 13.2. The summed E-state index contributed by atoms with van der Waals surface area (Å²) < 4.78 is 0. The Morgan fingerprint density at radius 1 is 1.13 bits per heavy atom. The number of nitrogens with two attached hydrogens (primary N) is 1. The van der Waals surface area contributed by atoms with Crippen molar-refractivity contribution in [1.82, 2.24) is 10.2 Å². The van der Waals surface area contributed by atoms with E-state index in [1.165, 1.54) is 4.90 Å². The Hall–Kier alpha value is -3.02. The van der Waals surface area contributed by atoms with E-state index in [2.05, 4.69) is 5.32 Å². The summed E-state index contributed by atoms with van der Waals surface area (Å²) in [6.45, 7) is 0.633. The first kappa shape index (κ1) is 16.4. The van der Waals surface area contributed by atoms with Gasteiger partial charge in [-0.25, -0.2) is 4.79 Å². The number of urea groups is 1. The number of carbonyl (C=O) groups is 2. The number of phenolic OH excluding ortho intramolecular Hbond substituents is 1. The van der Waals surface area contributed by atoms with Crippen molar-refractivity contribution in [2.24, 2.45) is 5.73 Å². The maximum Gasteiger partial charge on any atom is 0.312 e. The van der Waals surface area contributed by atoms with Gasteiger partial charge in [-0.3, -0.25) is 4.79 Å². The monoisotopic (exact) mass is 313 g/mol. The van der Waals surface area contributed by atoms with Crippen LogP contribution in [0.4, 0.5) is 4.79 Å². The highest BCUT2D eigenvalue weighted by molar-refractivity contribution is 5.94. The van der Waals surface area contributed by atoms with Crippen LogP contribution in [0.1, 0.15) is 21.5 Å². The quantitative estimate of drug-likeness (QED) is 0.786. The lowest BCUT2D eigenvalue weighted by atomic mass is 10.1. The van der Waals surface area contributed by atoms with Crippen LogP contribution in [0.5, 0.6) is 5.75 Å². The maximum atomic E-state index is 12.4. The van der Waals surface area contributed by atoms with Gasteiger partial charge in [0.05, 0.1) is 0 Å². The summed E-state index contributed by atoms with van der Waals surface area (Å²) in [6.07, 6.45) is 0. The highest BCUT2D eigenvalue weighted by Gasteiger charge is 2.13. The molecule has 0 heterocycles. The largest absolute Gasteiger partial charge is 0.508 e. The van der Waals surface area contributed by atoms with Crippen LogP contribution in [-0.4, -0.2) is 29.0 Å². The van der Waals surface area contributed by atoms with Crippen LogP contribution in [0.3, 0.4) is 0 Å². The molecule has 0 aromatic heterocycles. The summed E-state index contributed by atoms with van der Waals surface area (Å²) in [5.41, 5.74) is 7.08. The number of hydrogen-bond acceptors (Lipinski definition) is 3. The van der Waals surface area contributed by atoms with E-state index in [0.717, 1.165) is 5.56 Å². The van der Waals surface area contributed by atoms with E-state index in [4.69, 9.17) is 5.73 Å². The third kappa shape index (κ3) is 4.47. The van der Waals surface area contributed by atoms with Gasteiger partial charge in [-0.15, -0.1) is 0 Å². The van der Waals surface area contributed by atoms with Crippen molar-refractivity contribution in [1.29, 1.82) is 0 Å². The highest BCUT2D eigenvalue weighted by atomic mass is 16.3. The van der Waals surface area contributed by atoms with E-state index >= 15 is 0 Å². The number of amides is 3. The van der Waals surface area contributed by atoms with Crippen LogP contribution in [0.25, 0.3) is 0 Å². The average Bonchev–Trinajstić information content (AvgIpc) is 2.54. The Bertz CT molecular complexity index is 698. The summed E-state index contributed by atoms with van der Waals surface area (Å²) in [5.74, 6) is 0.0164. The van der Waals surface area contributed by atoms with Gasteiger partial charge in [0.25, 0.3) is 5.91 Å². The van der Waals surface area contributed by atoms with E-state index < -0.39 is 6.03 Å². The number of nitrogens with one attached hydrogen (secondary N) is 1. The second-order valence-electron chi connectivity index (χ2n) is 5.20. The molecule has 23 heavy (non-hydrogen) atoms. The molecule has 2 aromatic carbocycles. The number of phenols is 1. The molecule has 2 aromatic rings. The fourth-order valence-corrected chi connectivity index (χ4v) is 2.15. The predicted octanol–water partition coefficient (Wildman–Crippen LogP) is 1.83. The van der Waals surface area contributed by atoms with Gasteiger partial charge in [0.2, 0.25) is 0 Å². The van der Waals surface area contributed by atoms with Crippen LogP contribution in [0.15, 0.2) is 48.5 Å². The van der Waals surface area contributed by atoms with Crippen molar-refractivity contribution in [3.63, 3.8) is 0 Å². The van der Waals surface area contributed by atoms with E-state index in [0.29, 0.717) is 24.2 Å². The number of nitrogens with zero attached hydrogens (tertiary/aromatic N) is 1. The number of rotatable bonds is 5. The fraction of sp³-hybridized carbons (Fsp3) is 0.176. The minimum absolute atomic E-state index is 0.150. The van der Waals surface area contributed by atoms with Crippen LogP contribution in [-0.2, 0) is 13.1 Å². The second-order valence-corrected chi connectivity index (χ2v) is 5.20. The van der Waals surface area contributed by atoms with Gasteiger partial charge in [-0.1, -0.05) is 30.3 Å². The van der Waals surface area contributed by atoms with Gasteiger partial charge in [-0.05, 0) is 23.8 Å². The number of hydrogen-bond donors (Lipinski definition) is 3. The third-order valence-corrected chi connectivity index (χ3v) is 3.41. The highest BCUT2D eigenvalue weighted by Crippen LogP contribution is 2.18. The smallest absolute Gasteiger partial charge is 0.312 e. The molecular formula is C17H19N3O3. The van der Waals surface area contributed by atoms with Gasteiger partial charge in [0.15, 0.2) is 0 Å². The Morgan fingerprint density at radius 3 is 2.39 bits per heavy atom. The van der Waals surface area contributed by atoms with Gasteiger partial charge >= 0.3 is 6.03 Å². The number of primary amides is 1. The van der Waals surface area contributed by atoms with Gasteiger partial charge in [-0.2, -0.15) is 0 Å². The summed E-state index contributed by atoms with van der Waals surface area (Å²) in [4.78, 5) is 24.6. The van der Waals surface area contributed by atoms with Crippen LogP contribution >= 0.6 is 0 Å². The zero-order chi connectivity index (χ0) is 16.8. The van der Waals surface area contributed by atoms with Crippen molar-refractivity contribution in [2.75, 3.05) is 7.05 Å². The maximum absolute atomic E-state index is 12.4. The molecule has 0 spiro atoms. The van der Waals surface area contributed by atoms with Crippen LogP contribution in [0, 0.1) is 0 Å². The van der Waals surface area contributed by atoms with E-state index in [-0.39, 0.29) is 11.7 Å². The molecular weight excluding hydrogens is 294 g/mol. The molecule has 0 bridgehead atoms. The molecule has 0 unspecified atom stereocenters. The zero-order valence-electron chi connectivity index (χ0n) is 12.8. The predicted molar refractivity (Wildman–Crippen MR) is 86.8 cm³/mol.